The second kappa shape index (κ2) is 6.27. The van der Waals surface area contributed by atoms with Crippen molar-refractivity contribution in [2.75, 3.05) is 0 Å². The van der Waals surface area contributed by atoms with E-state index in [1.165, 1.54) is 24.3 Å². The van der Waals surface area contributed by atoms with E-state index >= 15 is 0 Å². The van der Waals surface area contributed by atoms with Crippen LogP contribution in [0.3, 0.4) is 0 Å². The highest BCUT2D eigenvalue weighted by molar-refractivity contribution is 6.32. The molecule has 116 valence electrons. The van der Waals surface area contributed by atoms with Gasteiger partial charge in [-0.1, -0.05) is 35.9 Å². The summed E-state index contributed by atoms with van der Waals surface area (Å²) in [6, 6.07) is 10.0. The first-order valence-corrected chi connectivity index (χ1v) is 6.49. The van der Waals surface area contributed by atoms with Gasteiger partial charge in [0, 0.05) is 5.02 Å². The van der Waals surface area contributed by atoms with E-state index in [0.717, 1.165) is 0 Å². The monoisotopic (exact) mass is 330 g/mol. The molecule has 0 radical (unpaired) electrons. The SMILES string of the molecule is O=C(O)Cc1c(Cl)cccc1-c1cccc(OC(F)(F)F)c1. The molecule has 0 aliphatic carbocycles. The molecular formula is C15H10ClF3O3. The minimum atomic E-state index is -4.79. The van der Waals surface area contributed by atoms with E-state index in [2.05, 4.69) is 4.74 Å². The number of rotatable bonds is 4. The summed E-state index contributed by atoms with van der Waals surface area (Å²) in [5, 5.41) is 9.18. The van der Waals surface area contributed by atoms with Crippen LogP contribution in [0.25, 0.3) is 11.1 Å². The van der Waals surface area contributed by atoms with Crippen LogP contribution < -0.4 is 4.74 Å². The summed E-state index contributed by atoms with van der Waals surface area (Å²) < 4.78 is 40.7. The van der Waals surface area contributed by atoms with E-state index in [9.17, 15) is 18.0 Å². The summed E-state index contributed by atoms with van der Waals surface area (Å²) in [6.45, 7) is 0. The number of hydrogen-bond acceptors (Lipinski definition) is 2. The van der Waals surface area contributed by atoms with Crippen LogP contribution in [0.2, 0.25) is 5.02 Å². The van der Waals surface area contributed by atoms with Crippen molar-refractivity contribution in [2.24, 2.45) is 0 Å². The highest BCUT2D eigenvalue weighted by Crippen LogP contribution is 2.33. The first-order valence-electron chi connectivity index (χ1n) is 6.11. The molecule has 0 aliphatic rings. The number of carboxylic acids is 1. The molecule has 7 heteroatoms. The third-order valence-electron chi connectivity index (χ3n) is 2.83. The number of benzene rings is 2. The van der Waals surface area contributed by atoms with Crippen LogP contribution in [-0.2, 0) is 11.2 Å². The minimum absolute atomic E-state index is 0.238. The van der Waals surface area contributed by atoms with Crippen LogP contribution in [0.4, 0.5) is 13.2 Å². The number of hydrogen-bond donors (Lipinski definition) is 1. The van der Waals surface area contributed by atoms with Crippen LogP contribution >= 0.6 is 11.6 Å². The van der Waals surface area contributed by atoms with E-state index in [4.69, 9.17) is 16.7 Å². The smallest absolute Gasteiger partial charge is 0.481 e. The van der Waals surface area contributed by atoms with Gasteiger partial charge in [-0.2, -0.15) is 0 Å². The van der Waals surface area contributed by atoms with Gasteiger partial charge in [0.15, 0.2) is 0 Å². The van der Waals surface area contributed by atoms with Crippen LogP contribution in [-0.4, -0.2) is 17.4 Å². The fourth-order valence-corrected chi connectivity index (χ4v) is 2.26. The molecule has 0 heterocycles. The Hall–Kier alpha value is -2.21. The summed E-state index contributed by atoms with van der Waals surface area (Å²) >= 11 is 6.00. The lowest BCUT2D eigenvalue weighted by Crippen LogP contribution is -2.17. The predicted octanol–water partition coefficient (Wildman–Crippen LogP) is 4.53. The van der Waals surface area contributed by atoms with Gasteiger partial charge in [0.05, 0.1) is 6.42 Å². The summed E-state index contributed by atoms with van der Waals surface area (Å²) in [6.07, 6.45) is -5.13. The predicted molar refractivity (Wildman–Crippen MR) is 74.9 cm³/mol. The minimum Gasteiger partial charge on any atom is -0.481 e. The number of aliphatic carboxylic acids is 1. The molecule has 0 bridgehead atoms. The number of carboxylic acid groups (broad SMARTS) is 1. The van der Waals surface area contributed by atoms with Crippen molar-refractivity contribution in [3.8, 4) is 16.9 Å². The Labute approximate surface area is 128 Å². The zero-order valence-electron chi connectivity index (χ0n) is 11.0. The zero-order valence-corrected chi connectivity index (χ0v) is 11.8. The number of carbonyl (C=O) groups is 1. The first kappa shape index (κ1) is 16.2. The highest BCUT2D eigenvalue weighted by atomic mass is 35.5. The van der Waals surface area contributed by atoms with Crippen molar-refractivity contribution in [1.82, 2.24) is 0 Å². The molecule has 0 spiro atoms. The van der Waals surface area contributed by atoms with Gasteiger partial charge in [0.25, 0.3) is 0 Å². The molecule has 0 aliphatic heterocycles. The Balaban J connectivity index is 2.46. The molecule has 0 amide bonds. The average molecular weight is 331 g/mol. The Bertz CT molecular complexity index is 699. The van der Waals surface area contributed by atoms with E-state index < -0.39 is 12.3 Å². The van der Waals surface area contributed by atoms with Crippen LogP contribution in [0.15, 0.2) is 42.5 Å². The molecule has 0 fully saturated rings. The van der Waals surface area contributed by atoms with Crippen molar-refractivity contribution in [2.45, 2.75) is 12.8 Å². The molecule has 22 heavy (non-hydrogen) atoms. The maximum Gasteiger partial charge on any atom is 0.573 e. The van der Waals surface area contributed by atoms with Gasteiger partial charge in [-0.05, 0) is 34.9 Å². The van der Waals surface area contributed by atoms with Crippen molar-refractivity contribution < 1.29 is 27.8 Å². The molecule has 1 N–H and O–H groups in total. The summed E-state index contributed by atoms with van der Waals surface area (Å²) in [5.74, 6) is -1.47. The van der Waals surface area contributed by atoms with Crippen LogP contribution in [0.1, 0.15) is 5.56 Å². The normalized spacial score (nSPS) is 11.3. The van der Waals surface area contributed by atoms with Crippen molar-refractivity contribution in [3.63, 3.8) is 0 Å². The topological polar surface area (TPSA) is 46.5 Å². The Morgan fingerprint density at radius 2 is 1.86 bits per heavy atom. The Kier molecular flexibility index (Phi) is 4.61. The van der Waals surface area contributed by atoms with Crippen molar-refractivity contribution in [3.05, 3.63) is 53.1 Å². The second-order valence-corrected chi connectivity index (χ2v) is 4.82. The maximum absolute atomic E-state index is 12.3. The second-order valence-electron chi connectivity index (χ2n) is 4.41. The van der Waals surface area contributed by atoms with Crippen LogP contribution in [0.5, 0.6) is 5.75 Å². The van der Waals surface area contributed by atoms with Gasteiger partial charge in [0.2, 0.25) is 0 Å². The third kappa shape index (κ3) is 4.14. The van der Waals surface area contributed by atoms with Gasteiger partial charge < -0.3 is 9.84 Å². The molecule has 0 unspecified atom stereocenters. The Morgan fingerprint density at radius 3 is 2.50 bits per heavy atom. The molecule has 3 nitrogen and oxygen atoms in total. The van der Waals surface area contributed by atoms with E-state index in [1.54, 1.807) is 18.2 Å². The molecule has 0 atom stereocenters. The zero-order chi connectivity index (χ0) is 16.3. The van der Waals surface area contributed by atoms with Gasteiger partial charge >= 0.3 is 12.3 Å². The summed E-state index contributed by atoms with van der Waals surface area (Å²) in [7, 11) is 0. The number of alkyl halides is 3. The lowest BCUT2D eigenvalue weighted by molar-refractivity contribution is -0.274. The number of ether oxygens (including phenoxy) is 1. The molecule has 0 saturated carbocycles. The van der Waals surface area contributed by atoms with Crippen LogP contribution in [0, 0.1) is 0 Å². The lowest BCUT2D eigenvalue weighted by atomic mass is 9.97. The van der Waals surface area contributed by atoms with E-state index in [0.29, 0.717) is 16.7 Å². The van der Waals surface area contributed by atoms with Crippen molar-refractivity contribution >= 4 is 17.6 Å². The first-order chi connectivity index (χ1) is 10.3. The quantitative estimate of drug-likeness (QED) is 0.895. The molecule has 0 aromatic heterocycles. The average Bonchev–Trinajstić information content (AvgIpc) is 2.39. The molecule has 2 aromatic carbocycles. The standard InChI is InChI=1S/C15H10ClF3O3/c16-13-6-2-5-11(12(13)8-14(20)21)9-3-1-4-10(7-9)22-15(17,18)19/h1-7H,8H2,(H,20,21). The van der Waals surface area contributed by atoms with Gasteiger partial charge in [-0.15, -0.1) is 13.2 Å². The number of halogens is 4. The molecular weight excluding hydrogens is 321 g/mol. The van der Waals surface area contributed by atoms with Crippen molar-refractivity contribution in [1.29, 1.82) is 0 Å². The fraction of sp³-hybridized carbons (Fsp3) is 0.133. The van der Waals surface area contributed by atoms with Gasteiger partial charge in [-0.25, -0.2) is 0 Å². The summed E-state index contributed by atoms with van der Waals surface area (Å²) in [4.78, 5) is 10.9. The molecule has 0 saturated heterocycles. The Morgan fingerprint density at radius 1 is 1.18 bits per heavy atom. The van der Waals surface area contributed by atoms with Gasteiger partial charge in [0.1, 0.15) is 5.75 Å². The summed E-state index contributed by atoms with van der Waals surface area (Å²) in [5.41, 5.74) is 1.17. The lowest BCUT2D eigenvalue weighted by Gasteiger charge is -2.13. The maximum atomic E-state index is 12.3. The molecule has 2 aromatic rings. The fourth-order valence-electron chi connectivity index (χ4n) is 2.02. The molecule has 2 rings (SSSR count). The largest absolute Gasteiger partial charge is 0.573 e. The third-order valence-corrected chi connectivity index (χ3v) is 3.18. The van der Waals surface area contributed by atoms with E-state index in [-0.39, 0.29) is 17.2 Å². The van der Waals surface area contributed by atoms with E-state index in [1.807, 2.05) is 0 Å². The highest BCUT2D eigenvalue weighted by Gasteiger charge is 2.31. The van der Waals surface area contributed by atoms with Gasteiger partial charge in [-0.3, -0.25) is 4.79 Å².